The van der Waals surface area contributed by atoms with E-state index < -0.39 is 0 Å². The average Bonchev–Trinajstić information content (AvgIpc) is 2.47. The molecule has 0 saturated carbocycles. The van der Waals surface area contributed by atoms with Gasteiger partial charge in [-0.15, -0.1) is 0 Å². The van der Waals surface area contributed by atoms with Gasteiger partial charge in [-0.05, 0) is 33.6 Å². The topological polar surface area (TPSA) is 49.3 Å². The molecule has 0 N–H and O–H groups in total. The van der Waals surface area contributed by atoms with Gasteiger partial charge in [-0.25, -0.2) is 9.97 Å². The van der Waals surface area contributed by atoms with E-state index >= 15 is 0 Å². The van der Waals surface area contributed by atoms with Gasteiger partial charge in [0.2, 0.25) is 0 Å². The van der Waals surface area contributed by atoms with E-state index in [9.17, 15) is 4.79 Å². The molecular formula is C16H28N4O. The Kier molecular flexibility index (Phi) is 7.12. The van der Waals surface area contributed by atoms with Crippen LogP contribution in [0.3, 0.4) is 0 Å². The van der Waals surface area contributed by atoms with Gasteiger partial charge in [0.1, 0.15) is 17.3 Å². The summed E-state index contributed by atoms with van der Waals surface area (Å²) in [5.41, 5.74) is 0.506. The number of aromatic nitrogens is 2. The van der Waals surface area contributed by atoms with Crippen molar-refractivity contribution in [3.8, 4) is 0 Å². The fraction of sp³-hybridized carbons (Fsp3) is 0.688. The summed E-state index contributed by atoms with van der Waals surface area (Å²) in [6.07, 6.45) is 1.91. The fourth-order valence-electron chi connectivity index (χ4n) is 2.39. The third kappa shape index (κ3) is 4.69. The van der Waals surface area contributed by atoms with Crippen LogP contribution in [0.2, 0.25) is 0 Å². The Morgan fingerprint density at radius 3 is 2.10 bits per heavy atom. The highest BCUT2D eigenvalue weighted by Crippen LogP contribution is 2.14. The van der Waals surface area contributed by atoms with Gasteiger partial charge in [0, 0.05) is 32.2 Å². The molecule has 118 valence electrons. The van der Waals surface area contributed by atoms with Crippen molar-refractivity contribution in [3.05, 3.63) is 17.6 Å². The Bertz CT molecular complexity index is 452. The summed E-state index contributed by atoms with van der Waals surface area (Å²) in [6.45, 7) is 13.5. The summed E-state index contributed by atoms with van der Waals surface area (Å²) in [5.74, 6) is 1.50. The highest BCUT2D eigenvalue weighted by Gasteiger charge is 2.18. The standard InChI is InChI=1S/C16H28N4O/c1-6-10-20(11-7-2)16(21)14-12-15(18-13(5)17-14)19(8-3)9-4/h12H,6-11H2,1-5H3. The zero-order valence-electron chi connectivity index (χ0n) is 14.0. The van der Waals surface area contributed by atoms with Crippen LogP contribution >= 0.6 is 0 Å². The second-order valence-corrected chi connectivity index (χ2v) is 5.12. The van der Waals surface area contributed by atoms with E-state index in [1.807, 2.05) is 17.9 Å². The number of aryl methyl sites for hydroxylation is 1. The molecule has 0 spiro atoms. The Morgan fingerprint density at radius 2 is 1.62 bits per heavy atom. The largest absolute Gasteiger partial charge is 0.357 e. The van der Waals surface area contributed by atoms with E-state index in [1.165, 1.54) is 0 Å². The molecular weight excluding hydrogens is 264 g/mol. The maximum Gasteiger partial charge on any atom is 0.272 e. The third-order valence-electron chi connectivity index (χ3n) is 3.41. The van der Waals surface area contributed by atoms with Crippen LogP contribution in [0.25, 0.3) is 0 Å². The number of nitrogens with zero attached hydrogens (tertiary/aromatic N) is 4. The van der Waals surface area contributed by atoms with E-state index in [0.29, 0.717) is 11.5 Å². The third-order valence-corrected chi connectivity index (χ3v) is 3.41. The molecule has 0 aromatic carbocycles. The molecule has 0 radical (unpaired) electrons. The number of hydrogen-bond donors (Lipinski definition) is 0. The number of anilines is 1. The predicted octanol–water partition coefficient (Wildman–Crippen LogP) is 2.89. The lowest BCUT2D eigenvalue weighted by Crippen LogP contribution is -2.33. The minimum Gasteiger partial charge on any atom is -0.357 e. The van der Waals surface area contributed by atoms with Crippen LogP contribution in [-0.2, 0) is 0 Å². The average molecular weight is 292 g/mol. The monoisotopic (exact) mass is 292 g/mol. The molecule has 1 heterocycles. The van der Waals surface area contributed by atoms with E-state index in [0.717, 1.165) is 44.8 Å². The first kappa shape index (κ1) is 17.4. The predicted molar refractivity (Wildman–Crippen MR) is 86.8 cm³/mol. The molecule has 1 aromatic rings. The van der Waals surface area contributed by atoms with Crippen molar-refractivity contribution >= 4 is 11.7 Å². The molecule has 5 heteroatoms. The summed E-state index contributed by atoms with van der Waals surface area (Å²) < 4.78 is 0. The molecule has 1 rings (SSSR count). The maximum atomic E-state index is 12.6. The Labute approximate surface area is 128 Å². The van der Waals surface area contributed by atoms with Crippen LogP contribution in [0.15, 0.2) is 6.07 Å². The molecule has 21 heavy (non-hydrogen) atoms. The van der Waals surface area contributed by atoms with Gasteiger partial charge in [0.25, 0.3) is 5.91 Å². The van der Waals surface area contributed by atoms with Gasteiger partial charge in [-0.1, -0.05) is 13.8 Å². The zero-order valence-corrected chi connectivity index (χ0v) is 14.0. The second-order valence-electron chi connectivity index (χ2n) is 5.12. The molecule has 0 unspecified atom stereocenters. The molecule has 5 nitrogen and oxygen atoms in total. The van der Waals surface area contributed by atoms with Crippen molar-refractivity contribution in [2.75, 3.05) is 31.1 Å². The normalized spacial score (nSPS) is 10.5. The van der Waals surface area contributed by atoms with Gasteiger partial charge < -0.3 is 9.80 Å². The zero-order chi connectivity index (χ0) is 15.8. The Hall–Kier alpha value is -1.65. The molecule has 0 aliphatic heterocycles. The van der Waals surface area contributed by atoms with E-state index in [1.54, 1.807) is 0 Å². The number of rotatable bonds is 8. The molecule has 0 aliphatic carbocycles. The van der Waals surface area contributed by atoms with Gasteiger partial charge in [0.15, 0.2) is 0 Å². The molecule has 0 fully saturated rings. The van der Waals surface area contributed by atoms with Crippen molar-refractivity contribution in [1.29, 1.82) is 0 Å². The van der Waals surface area contributed by atoms with Crippen molar-refractivity contribution in [3.63, 3.8) is 0 Å². The molecule has 1 aromatic heterocycles. The van der Waals surface area contributed by atoms with Crippen LogP contribution in [-0.4, -0.2) is 47.0 Å². The van der Waals surface area contributed by atoms with Crippen molar-refractivity contribution < 1.29 is 4.79 Å². The van der Waals surface area contributed by atoms with Crippen molar-refractivity contribution in [1.82, 2.24) is 14.9 Å². The number of carbonyl (C=O) groups excluding carboxylic acids is 1. The van der Waals surface area contributed by atoms with Crippen LogP contribution in [0.5, 0.6) is 0 Å². The summed E-state index contributed by atoms with van der Waals surface area (Å²) in [6, 6.07) is 1.82. The highest BCUT2D eigenvalue weighted by atomic mass is 16.2. The molecule has 0 atom stereocenters. The van der Waals surface area contributed by atoms with Crippen LogP contribution in [0.4, 0.5) is 5.82 Å². The molecule has 1 amide bonds. The number of amides is 1. The lowest BCUT2D eigenvalue weighted by atomic mass is 10.2. The lowest BCUT2D eigenvalue weighted by Gasteiger charge is -2.23. The SMILES string of the molecule is CCCN(CCC)C(=O)c1cc(N(CC)CC)nc(C)n1. The smallest absolute Gasteiger partial charge is 0.272 e. The van der Waals surface area contributed by atoms with Crippen LogP contribution in [0, 0.1) is 6.92 Å². The molecule has 0 saturated heterocycles. The maximum absolute atomic E-state index is 12.6. The van der Waals surface area contributed by atoms with Crippen molar-refractivity contribution in [2.24, 2.45) is 0 Å². The highest BCUT2D eigenvalue weighted by molar-refractivity contribution is 5.93. The van der Waals surface area contributed by atoms with E-state index in [2.05, 4.69) is 42.6 Å². The number of carbonyl (C=O) groups is 1. The quantitative estimate of drug-likeness (QED) is 0.739. The summed E-state index contributed by atoms with van der Waals surface area (Å²) in [7, 11) is 0. The minimum absolute atomic E-state index is 0.0117. The first-order chi connectivity index (χ1) is 10.1. The van der Waals surface area contributed by atoms with Crippen molar-refractivity contribution in [2.45, 2.75) is 47.5 Å². The minimum atomic E-state index is 0.0117. The van der Waals surface area contributed by atoms with Crippen LogP contribution < -0.4 is 4.90 Å². The molecule has 0 aliphatic rings. The fourth-order valence-corrected chi connectivity index (χ4v) is 2.39. The van der Waals surface area contributed by atoms with Gasteiger partial charge in [0.05, 0.1) is 0 Å². The van der Waals surface area contributed by atoms with E-state index in [4.69, 9.17) is 0 Å². The first-order valence-electron chi connectivity index (χ1n) is 7.97. The lowest BCUT2D eigenvalue weighted by molar-refractivity contribution is 0.0749. The van der Waals surface area contributed by atoms with Gasteiger partial charge in [-0.3, -0.25) is 4.79 Å². The second kappa shape index (κ2) is 8.60. The Balaban J connectivity index is 3.08. The van der Waals surface area contributed by atoms with E-state index in [-0.39, 0.29) is 5.91 Å². The number of hydrogen-bond acceptors (Lipinski definition) is 4. The summed E-state index contributed by atoms with van der Waals surface area (Å²) >= 11 is 0. The summed E-state index contributed by atoms with van der Waals surface area (Å²) in [4.78, 5) is 25.5. The molecule has 0 bridgehead atoms. The summed E-state index contributed by atoms with van der Waals surface area (Å²) in [5, 5.41) is 0. The first-order valence-corrected chi connectivity index (χ1v) is 7.97. The van der Waals surface area contributed by atoms with Gasteiger partial charge in [-0.2, -0.15) is 0 Å². The Morgan fingerprint density at radius 1 is 1.05 bits per heavy atom. The van der Waals surface area contributed by atoms with Gasteiger partial charge >= 0.3 is 0 Å². The van der Waals surface area contributed by atoms with Crippen LogP contribution in [0.1, 0.15) is 56.8 Å².